The third-order valence-corrected chi connectivity index (χ3v) is 4.14. The van der Waals surface area contributed by atoms with Gasteiger partial charge in [0.05, 0.1) is 5.92 Å². The molecule has 0 radical (unpaired) electrons. The highest BCUT2D eigenvalue weighted by molar-refractivity contribution is 5.88. The Labute approximate surface area is 121 Å². The summed E-state index contributed by atoms with van der Waals surface area (Å²) in [6.07, 6.45) is 5.51. The molecule has 1 atom stereocenters. The lowest BCUT2D eigenvalue weighted by Crippen LogP contribution is -2.56. The van der Waals surface area contributed by atoms with Crippen LogP contribution in [0.1, 0.15) is 58.8 Å². The Morgan fingerprint density at radius 1 is 1.20 bits per heavy atom. The molecule has 0 bridgehead atoms. The van der Waals surface area contributed by atoms with Crippen LogP contribution in [0.5, 0.6) is 0 Å². The summed E-state index contributed by atoms with van der Waals surface area (Å²) < 4.78 is 0. The lowest BCUT2D eigenvalue weighted by Gasteiger charge is -2.31. The molecule has 116 valence electrons. The summed E-state index contributed by atoms with van der Waals surface area (Å²) in [5, 5.41) is 12.4. The third kappa shape index (κ3) is 4.47. The minimum absolute atomic E-state index is 0.203. The first kappa shape index (κ1) is 17.0. The summed E-state index contributed by atoms with van der Waals surface area (Å²) in [5.41, 5.74) is 4.58. The lowest BCUT2D eigenvalue weighted by atomic mass is 9.88. The van der Waals surface area contributed by atoms with E-state index in [0.717, 1.165) is 25.7 Å². The number of carboxylic acid groups (broad SMARTS) is 1. The van der Waals surface area contributed by atoms with E-state index in [0.29, 0.717) is 25.2 Å². The van der Waals surface area contributed by atoms with Crippen LogP contribution in [0.2, 0.25) is 0 Å². The van der Waals surface area contributed by atoms with Gasteiger partial charge in [0.1, 0.15) is 5.54 Å². The molecule has 1 saturated carbocycles. The molecule has 0 aliphatic heterocycles. The number of carbonyl (C=O) groups is 2. The second-order valence-electron chi connectivity index (χ2n) is 6.35. The highest BCUT2D eigenvalue weighted by Crippen LogP contribution is 2.28. The van der Waals surface area contributed by atoms with Gasteiger partial charge in [0.15, 0.2) is 0 Å². The Balaban J connectivity index is 2.78. The van der Waals surface area contributed by atoms with Crippen molar-refractivity contribution in [1.82, 2.24) is 5.32 Å². The van der Waals surface area contributed by atoms with E-state index in [2.05, 4.69) is 5.32 Å². The molecule has 5 nitrogen and oxygen atoms in total. The molecule has 1 amide bonds. The van der Waals surface area contributed by atoms with Gasteiger partial charge in [0, 0.05) is 6.54 Å². The molecule has 0 aromatic rings. The number of nitrogens with two attached hydrogens (primary N) is 1. The standard InChI is InChI=1S/C15H28N2O3/c1-11(2)9-12(10-16)13(18)17-15(14(19)20)7-5-3-4-6-8-15/h11-12H,3-10,16H2,1-2H3,(H,17,18)(H,19,20). The van der Waals surface area contributed by atoms with E-state index in [-0.39, 0.29) is 18.4 Å². The van der Waals surface area contributed by atoms with Gasteiger partial charge in [-0.1, -0.05) is 39.5 Å². The number of hydrogen-bond acceptors (Lipinski definition) is 3. The van der Waals surface area contributed by atoms with Gasteiger partial charge in [-0.15, -0.1) is 0 Å². The summed E-state index contributed by atoms with van der Waals surface area (Å²) in [6, 6.07) is 0. The summed E-state index contributed by atoms with van der Waals surface area (Å²) in [5.74, 6) is -1.04. The number of nitrogens with one attached hydrogen (secondary N) is 1. The average Bonchev–Trinajstić information content (AvgIpc) is 2.62. The number of aliphatic carboxylic acids is 1. The zero-order valence-electron chi connectivity index (χ0n) is 12.7. The Bertz CT molecular complexity index is 334. The summed E-state index contributed by atoms with van der Waals surface area (Å²) >= 11 is 0. The predicted molar refractivity (Wildman–Crippen MR) is 78.2 cm³/mol. The fourth-order valence-corrected chi connectivity index (χ4v) is 2.94. The first-order valence-corrected chi connectivity index (χ1v) is 7.67. The van der Waals surface area contributed by atoms with Crippen molar-refractivity contribution in [1.29, 1.82) is 0 Å². The number of rotatable bonds is 6. The van der Waals surface area contributed by atoms with Crippen molar-refractivity contribution in [2.45, 2.75) is 64.3 Å². The fraction of sp³-hybridized carbons (Fsp3) is 0.867. The van der Waals surface area contributed by atoms with Gasteiger partial charge >= 0.3 is 5.97 Å². The molecule has 5 heteroatoms. The van der Waals surface area contributed by atoms with Crippen LogP contribution in [0.3, 0.4) is 0 Å². The van der Waals surface area contributed by atoms with Gasteiger partial charge in [-0.3, -0.25) is 4.79 Å². The number of carboxylic acids is 1. The average molecular weight is 284 g/mol. The molecule has 1 rings (SSSR count). The van der Waals surface area contributed by atoms with Crippen LogP contribution in [-0.2, 0) is 9.59 Å². The molecule has 0 spiro atoms. The maximum absolute atomic E-state index is 12.3. The van der Waals surface area contributed by atoms with Crippen molar-refractivity contribution in [3.63, 3.8) is 0 Å². The van der Waals surface area contributed by atoms with Gasteiger partial charge in [-0.05, 0) is 25.2 Å². The molecule has 0 aromatic carbocycles. The van der Waals surface area contributed by atoms with Crippen LogP contribution in [0, 0.1) is 11.8 Å². The Morgan fingerprint density at radius 3 is 2.15 bits per heavy atom. The lowest BCUT2D eigenvalue weighted by molar-refractivity contribution is -0.149. The van der Waals surface area contributed by atoms with Gasteiger partial charge in [-0.25, -0.2) is 4.79 Å². The maximum atomic E-state index is 12.3. The van der Waals surface area contributed by atoms with Crippen LogP contribution in [0.25, 0.3) is 0 Å². The second kappa shape index (κ2) is 7.62. The highest BCUT2D eigenvalue weighted by atomic mass is 16.4. The van der Waals surface area contributed by atoms with Crippen molar-refractivity contribution in [3.8, 4) is 0 Å². The second-order valence-corrected chi connectivity index (χ2v) is 6.35. The molecule has 4 N–H and O–H groups in total. The van der Waals surface area contributed by atoms with Gasteiger partial charge in [0.2, 0.25) is 5.91 Å². The summed E-state index contributed by atoms with van der Waals surface area (Å²) in [4.78, 5) is 24.0. The van der Waals surface area contributed by atoms with E-state index in [4.69, 9.17) is 5.73 Å². The SMILES string of the molecule is CC(C)CC(CN)C(=O)NC1(C(=O)O)CCCCCC1. The Kier molecular flexibility index (Phi) is 6.46. The van der Waals surface area contributed by atoms with Crippen molar-refractivity contribution >= 4 is 11.9 Å². The van der Waals surface area contributed by atoms with Crippen LogP contribution >= 0.6 is 0 Å². The molecule has 1 unspecified atom stereocenters. The molecule has 0 heterocycles. The maximum Gasteiger partial charge on any atom is 0.329 e. The van der Waals surface area contributed by atoms with E-state index < -0.39 is 11.5 Å². The third-order valence-electron chi connectivity index (χ3n) is 4.14. The zero-order chi connectivity index (χ0) is 15.2. The quantitative estimate of drug-likeness (QED) is 0.649. The number of carbonyl (C=O) groups excluding carboxylic acids is 1. The normalized spacial score (nSPS) is 20.2. The topological polar surface area (TPSA) is 92.4 Å². The molecule has 1 aliphatic carbocycles. The first-order valence-electron chi connectivity index (χ1n) is 7.67. The minimum atomic E-state index is -1.09. The van der Waals surface area contributed by atoms with E-state index >= 15 is 0 Å². The van der Waals surface area contributed by atoms with Crippen molar-refractivity contribution in [2.75, 3.05) is 6.54 Å². The molecular formula is C15H28N2O3. The fourth-order valence-electron chi connectivity index (χ4n) is 2.94. The van der Waals surface area contributed by atoms with Crippen molar-refractivity contribution in [3.05, 3.63) is 0 Å². The van der Waals surface area contributed by atoms with Crippen LogP contribution in [0.4, 0.5) is 0 Å². The molecule has 0 saturated heterocycles. The van der Waals surface area contributed by atoms with Crippen LogP contribution < -0.4 is 11.1 Å². The molecule has 1 aliphatic rings. The number of amides is 1. The van der Waals surface area contributed by atoms with Crippen LogP contribution in [-0.4, -0.2) is 29.1 Å². The highest BCUT2D eigenvalue weighted by Gasteiger charge is 2.41. The Morgan fingerprint density at radius 2 is 1.75 bits per heavy atom. The zero-order valence-corrected chi connectivity index (χ0v) is 12.7. The minimum Gasteiger partial charge on any atom is -0.480 e. The van der Waals surface area contributed by atoms with Gasteiger partial charge in [-0.2, -0.15) is 0 Å². The van der Waals surface area contributed by atoms with Gasteiger partial charge in [0.25, 0.3) is 0 Å². The van der Waals surface area contributed by atoms with E-state index in [1.54, 1.807) is 0 Å². The van der Waals surface area contributed by atoms with Gasteiger partial charge < -0.3 is 16.2 Å². The first-order chi connectivity index (χ1) is 9.41. The number of hydrogen-bond donors (Lipinski definition) is 3. The van der Waals surface area contributed by atoms with Crippen LogP contribution in [0.15, 0.2) is 0 Å². The van der Waals surface area contributed by atoms with E-state index in [1.165, 1.54) is 0 Å². The predicted octanol–water partition coefficient (Wildman–Crippen LogP) is 1.90. The Hall–Kier alpha value is -1.10. The molecule has 1 fully saturated rings. The monoisotopic (exact) mass is 284 g/mol. The van der Waals surface area contributed by atoms with E-state index in [9.17, 15) is 14.7 Å². The van der Waals surface area contributed by atoms with Crippen molar-refractivity contribution in [2.24, 2.45) is 17.6 Å². The summed E-state index contributed by atoms with van der Waals surface area (Å²) in [7, 11) is 0. The van der Waals surface area contributed by atoms with E-state index in [1.807, 2.05) is 13.8 Å². The summed E-state index contributed by atoms with van der Waals surface area (Å²) in [6.45, 7) is 4.34. The smallest absolute Gasteiger partial charge is 0.329 e. The largest absolute Gasteiger partial charge is 0.480 e. The van der Waals surface area contributed by atoms with Crippen molar-refractivity contribution < 1.29 is 14.7 Å². The molecular weight excluding hydrogens is 256 g/mol. The molecule has 20 heavy (non-hydrogen) atoms. The molecule has 0 aromatic heterocycles.